The Kier molecular flexibility index (Phi) is 6.42. The van der Waals surface area contributed by atoms with Crippen LogP contribution in [0.5, 0.6) is 0 Å². The van der Waals surface area contributed by atoms with Gasteiger partial charge >= 0.3 is 11.9 Å². The Morgan fingerprint density at radius 1 is 1.12 bits per heavy atom. The molecule has 1 aromatic carbocycles. The number of esters is 2. The molecule has 0 aromatic heterocycles. The molecule has 0 N–H and O–H groups in total. The van der Waals surface area contributed by atoms with E-state index < -0.39 is 31.5 Å². The summed E-state index contributed by atoms with van der Waals surface area (Å²) in [7, 11) is -1.74. The van der Waals surface area contributed by atoms with Gasteiger partial charge in [0.05, 0.1) is 27.9 Å². The molecule has 1 saturated heterocycles. The van der Waals surface area contributed by atoms with E-state index in [2.05, 4.69) is 25.3 Å². The summed E-state index contributed by atoms with van der Waals surface area (Å²) >= 11 is 0. The first-order valence-electron chi connectivity index (χ1n) is 9.00. The normalized spacial score (nSPS) is 20.8. The fourth-order valence-electron chi connectivity index (χ4n) is 3.28. The first kappa shape index (κ1) is 20.4. The van der Waals surface area contributed by atoms with Crippen LogP contribution < -0.4 is 0 Å². The van der Waals surface area contributed by atoms with Crippen LogP contribution in [0.4, 0.5) is 0 Å². The van der Waals surface area contributed by atoms with Gasteiger partial charge in [-0.25, -0.2) is 0 Å². The Balaban J connectivity index is 2.70. The summed E-state index contributed by atoms with van der Waals surface area (Å²) in [5.74, 6) is -1.20. The fraction of sp³-hybridized carbons (Fsp3) is 0.500. The molecule has 0 amide bonds. The summed E-state index contributed by atoms with van der Waals surface area (Å²) in [6, 6.07) is 9.32. The number of benzene rings is 1. The average molecular weight is 377 g/mol. The third-order valence-electron chi connectivity index (χ3n) is 4.21. The van der Waals surface area contributed by atoms with E-state index in [1.54, 1.807) is 13.8 Å². The van der Waals surface area contributed by atoms with Gasteiger partial charge in [-0.3, -0.25) is 9.59 Å². The highest BCUT2D eigenvalue weighted by molar-refractivity contribution is 6.81. The molecule has 1 aliphatic heterocycles. The molecular formula is C20H28O5Si. The minimum absolute atomic E-state index is 0.182. The van der Waals surface area contributed by atoms with E-state index in [4.69, 9.17) is 14.2 Å². The van der Waals surface area contributed by atoms with Gasteiger partial charge in [-0.1, -0.05) is 55.7 Å². The van der Waals surface area contributed by atoms with Gasteiger partial charge in [0.1, 0.15) is 6.10 Å². The molecule has 0 saturated carbocycles. The summed E-state index contributed by atoms with van der Waals surface area (Å²) in [6.45, 7) is 10.5. The first-order valence-corrected chi connectivity index (χ1v) is 12.6. The molecule has 1 aliphatic rings. The standard InChI is InChI=1S/C20H28O5Si/c1-6-23-18(21)20(19(22)24-7-2)16(14-26(3,4)5)13-25-17(20)15-11-9-8-10-12-15/h8-12,14,17H,6-7,13H2,1-5H3/b16-14+. The van der Waals surface area contributed by atoms with Crippen molar-refractivity contribution in [2.45, 2.75) is 39.6 Å². The predicted octanol–water partition coefficient (Wildman–Crippen LogP) is 3.67. The molecule has 0 radical (unpaired) electrons. The van der Waals surface area contributed by atoms with Gasteiger partial charge < -0.3 is 14.2 Å². The van der Waals surface area contributed by atoms with Crippen LogP contribution in [0.2, 0.25) is 19.6 Å². The van der Waals surface area contributed by atoms with Crippen molar-refractivity contribution in [2.75, 3.05) is 19.8 Å². The third kappa shape index (κ3) is 3.91. The zero-order valence-corrected chi connectivity index (χ0v) is 17.2. The quantitative estimate of drug-likeness (QED) is 0.431. The fourth-order valence-corrected chi connectivity index (χ4v) is 4.64. The molecule has 1 heterocycles. The van der Waals surface area contributed by atoms with Crippen molar-refractivity contribution < 1.29 is 23.8 Å². The average Bonchev–Trinajstić information content (AvgIpc) is 2.94. The minimum atomic E-state index is -1.74. The number of carbonyl (C=O) groups is 2. The van der Waals surface area contributed by atoms with Crippen molar-refractivity contribution in [2.24, 2.45) is 5.41 Å². The lowest BCUT2D eigenvalue weighted by molar-refractivity contribution is -0.174. The van der Waals surface area contributed by atoms with Crippen LogP contribution in [0.15, 0.2) is 41.6 Å². The molecule has 2 rings (SSSR count). The van der Waals surface area contributed by atoms with Crippen molar-refractivity contribution in [3.05, 3.63) is 47.2 Å². The molecule has 0 spiro atoms. The minimum Gasteiger partial charge on any atom is -0.465 e. The molecule has 1 unspecified atom stereocenters. The van der Waals surface area contributed by atoms with Crippen molar-refractivity contribution in [3.8, 4) is 0 Å². The van der Waals surface area contributed by atoms with E-state index in [-0.39, 0.29) is 19.8 Å². The highest BCUT2D eigenvalue weighted by atomic mass is 28.3. The van der Waals surface area contributed by atoms with Crippen molar-refractivity contribution in [1.82, 2.24) is 0 Å². The van der Waals surface area contributed by atoms with Gasteiger partial charge in [-0.15, -0.1) is 0 Å². The Hall–Kier alpha value is -1.92. The summed E-state index contributed by atoms with van der Waals surface area (Å²) in [4.78, 5) is 26.3. The summed E-state index contributed by atoms with van der Waals surface area (Å²) < 4.78 is 16.7. The smallest absolute Gasteiger partial charge is 0.330 e. The zero-order valence-electron chi connectivity index (χ0n) is 16.2. The van der Waals surface area contributed by atoms with Gasteiger partial charge in [0, 0.05) is 0 Å². The number of hydrogen-bond donors (Lipinski definition) is 0. The maximum absolute atomic E-state index is 13.1. The highest BCUT2D eigenvalue weighted by Gasteiger charge is 2.62. The highest BCUT2D eigenvalue weighted by Crippen LogP contribution is 2.51. The molecule has 0 bridgehead atoms. The monoisotopic (exact) mass is 376 g/mol. The molecule has 6 heteroatoms. The van der Waals surface area contributed by atoms with Crippen LogP contribution in [0, 0.1) is 5.41 Å². The van der Waals surface area contributed by atoms with Crippen molar-refractivity contribution in [1.29, 1.82) is 0 Å². The van der Waals surface area contributed by atoms with E-state index >= 15 is 0 Å². The summed E-state index contributed by atoms with van der Waals surface area (Å²) in [5.41, 5.74) is 1.88. The zero-order chi connectivity index (χ0) is 19.4. The molecule has 1 aromatic rings. The number of rotatable bonds is 6. The Morgan fingerprint density at radius 3 is 2.12 bits per heavy atom. The topological polar surface area (TPSA) is 61.8 Å². The number of carbonyl (C=O) groups excluding carboxylic acids is 2. The number of hydrogen-bond acceptors (Lipinski definition) is 5. The maximum Gasteiger partial charge on any atom is 0.330 e. The lowest BCUT2D eigenvalue weighted by atomic mass is 9.75. The Bertz CT molecular complexity index is 657. The molecule has 1 fully saturated rings. The van der Waals surface area contributed by atoms with E-state index in [1.165, 1.54) is 0 Å². The van der Waals surface area contributed by atoms with Crippen molar-refractivity contribution >= 4 is 20.0 Å². The third-order valence-corrected chi connectivity index (χ3v) is 5.42. The van der Waals surface area contributed by atoms with Crippen LogP contribution >= 0.6 is 0 Å². The molecule has 142 valence electrons. The molecule has 26 heavy (non-hydrogen) atoms. The molecule has 0 aliphatic carbocycles. The van der Waals surface area contributed by atoms with Crippen LogP contribution in [-0.4, -0.2) is 39.8 Å². The van der Waals surface area contributed by atoms with Gasteiger partial charge in [-0.2, -0.15) is 0 Å². The molecule has 1 atom stereocenters. The predicted molar refractivity (Wildman–Crippen MR) is 102 cm³/mol. The Morgan fingerprint density at radius 2 is 1.65 bits per heavy atom. The number of ether oxygens (including phenoxy) is 3. The van der Waals surface area contributed by atoms with Gasteiger partial charge in [0.25, 0.3) is 0 Å². The van der Waals surface area contributed by atoms with Crippen LogP contribution in [0.1, 0.15) is 25.5 Å². The van der Waals surface area contributed by atoms with E-state index in [0.29, 0.717) is 5.57 Å². The molecular weight excluding hydrogens is 348 g/mol. The van der Waals surface area contributed by atoms with E-state index in [9.17, 15) is 9.59 Å². The van der Waals surface area contributed by atoms with Gasteiger partial charge in [0.15, 0.2) is 0 Å². The van der Waals surface area contributed by atoms with Gasteiger partial charge in [0.2, 0.25) is 5.41 Å². The first-order chi connectivity index (χ1) is 12.3. The lowest BCUT2D eigenvalue weighted by Crippen LogP contribution is -2.46. The van der Waals surface area contributed by atoms with Crippen LogP contribution in [-0.2, 0) is 23.8 Å². The second-order valence-electron chi connectivity index (χ2n) is 7.39. The van der Waals surface area contributed by atoms with Crippen LogP contribution in [0.3, 0.4) is 0 Å². The van der Waals surface area contributed by atoms with Crippen molar-refractivity contribution in [3.63, 3.8) is 0 Å². The lowest BCUT2D eigenvalue weighted by Gasteiger charge is -2.31. The van der Waals surface area contributed by atoms with Gasteiger partial charge in [-0.05, 0) is 25.0 Å². The SMILES string of the molecule is CCOC(=O)C1(C(=O)OCC)/C(=C/[Si](C)(C)C)COC1c1ccccc1. The van der Waals surface area contributed by atoms with Crippen LogP contribution in [0.25, 0.3) is 0 Å². The summed E-state index contributed by atoms with van der Waals surface area (Å²) in [5, 5.41) is 0. The summed E-state index contributed by atoms with van der Waals surface area (Å²) in [6.07, 6.45) is -0.760. The Labute approximate surface area is 156 Å². The second-order valence-corrected chi connectivity index (χ2v) is 12.4. The largest absolute Gasteiger partial charge is 0.465 e. The molecule has 5 nitrogen and oxygen atoms in total. The maximum atomic E-state index is 13.1. The van der Waals surface area contributed by atoms with E-state index in [0.717, 1.165) is 5.56 Å². The van der Waals surface area contributed by atoms with E-state index in [1.807, 2.05) is 30.3 Å². The second kappa shape index (κ2) is 8.18.